The van der Waals surface area contributed by atoms with E-state index in [0.717, 1.165) is 6.42 Å². The lowest BCUT2D eigenvalue weighted by Crippen LogP contribution is -2.60. The molecule has 1 aliphatic rings. The third kappa shape index (κ3) is 2.60. The number of quaternary nitrogens is 1. The minimum atomic E-state index is -1.11. The average Bonchev–Trinajstić information content (AvgIpc) is 2.38. The Morgan fingerprint density at radius 1 is 1.29 bits per heavy atom. The molecule has 98 valence electrons. The molecule has 1 N–H and O–H groups in total. The number of hydrogen-bond donors (Lipinski definition) is 1. The molecule has 0 bridgehead atoms. The molecule has 0 aromatic heterocycles. The fraction of sp³-hybridized carbons (Fsp3) is 0.833. The Morgan fingerprint density at radius 2 is 1.82 bits per heavy atom. The van der Waals surface area contributed by atoms with Crippen LogP contribution in [0.4, 0.5) is 9.59 Å². The maximum atomic E-state index is 12.1. The predicted octanol–water partition coefficient (Wildman–Crippen LogP) is 2.84. The van der Waals surface area contributed by atoms with Gasteiger partial charge in [-0.05, 0) is 27.7 Å². The highest BCUT2D eigenvalue weighted by atomic mass is 16.6. The van der Waals surface area contributed by atoms with Gasteiger partial charge >= 0.3 is 12.2 Å². The number of nitrogens with zero attached hydrogens (tertiary/aromatic N) is 1. The van der Waals surface area contributed by atoms with Gasteiger partial charge in [0.15, 0.2) is 0 Å². The Bertz CT molecular complexity index is 334. The highest BCUT2D eigenvalue weighted by Crippen LogP contribution is 2.33. The molecular weight excluding hydrogens is 222 g/mol. The van der Waals surface area contributed by atoms with E-state index in [2.05, 4.69) is 0 Å². The second kappa shape index (κ2) is 4.29. The number of imide groups is 1. The number of carbonyl (C=O) groups excluding carboxylic acids is 1. The van der Waals surface area contributed by atoms with Crippen molar-refractivity contribution in [2.75, 3.05) is 6.54 Å². The molecule has 0 spiro atoms. The lowest BCUT2D eigenvalue weighted by Gasteiger charge is -2.31. The first kappa shape index (κ1) is 14.0. The quantitative estimate of drug-likeness (QED) is 0.665. The molecule has 0 saturated carbocycles. The molecule has 1 fully saturated rings. The number of hydrogen-bond acceptors (Lipinski definition) is 3. The van der Waals surface area contributed by atoms with Gasteiger partial charge in [-0.2, -0.15) is 9.59 Å². The molecule has 0 aliphatic carbocycles. The van der Waals surface area contributed by atoms with E-state index >= 15 is 0 Å². The predicted molar refractivity (Wildman–Crippen MR) is 62.6 cm³/mol. The molecule has 1 saturated heterocycles. The normalized spacial score (nSPS) is 33.5. The van der Waals surface area contributed by atoms with Crippen molar-refractivity contribution < 1.29 is 23.9 Å². The standard InChI is InChI=1S/C12H21NO4/c1-8-6-9(2)13(7-8,10(14)15)11(16)17-12(3,4)5/h8-9H,6-7H2,1-5H3/p+1/t8-,9?,13?/m0/s1. The van der Waals surface area contributed by atoms with Gasteiger partial charge in [0.05, 0.1) is 0 Å². The van der Waals surface area contributed by atoms with E-state index in [1.807, 2.05) is 6.92 Å². The third-order valence-electron chi connectivity index (χ3n) is 3.16. The lowest BCUT2D eigenvalue weighted by atomic mass is 10.1. The van der Waals surface area contributed by atoms with Crippen molar-refractivity contribution >= 4 is 12.2 Å². The van der Waals surface area contributed by atoms with E-state index in [4.69, 9.17) is 4.74 Å². The second-order valence-electron chi connectivity index (χ2n) is 6.00. The smallest absolute Gasteiger partial charge is 0.435 e. The summed E-state index contributed by atoms with van der Waals surface area (Å²) in [5.41, 5.74) is -0.663. The van der Waals surface area contributed by atoms with Crippen molar-refractivity contribution in [3.05, 3.63) is 0 Å². The van der Waals surface area contributed by atoms with Crippen LogP contribution in [-0.2, 0) is 4.74 Å². The Labute approximate surface area is 102 Å². The maximum absolute atomic E-state index is 12.1. The van der Waals surface area contributed by atoms with Crippen molar-refractivity contribution in [3.63, 3.8) is 0 Å². The first-order valence-electron chi connectivity index (χ1n) is 5.94. The van der Waals surface area contributed by atoms with Crippen molar-refractivity contribution in [3.8, 4) is 0 Å². The summed E-state index contributed by atoms with van der Waals surface area (Å²) in [6.07, 6.45) is -1.04. The molecule has 5 nitrogen and oxygen atoms in total. The van der Waals surface area contributed by atoms with Gasteiger partial charge in [-0.1, -0.05) is 6.92 Å². The molecule has 5 heteroatoms. The number of amides is 2. The fourth-order valence-corrected chi connectivity index (χ4v) is 2.45. The number of likely N-dealkylation sites (tertiary alicyclic amines) is 1. The van der Waals surface area contributed by atoms with Crippen molar-refractivity contribution in [2.45, 2.75) is 52.7 Å². The summed E-state index contributed by atoms with van der Waals surface area (Å²) in [5.74, 6) is 0.216. The summed E-state index contributed by atoms with van der Waals surface area (Å²) in [6.45, 7) is 9.30. The SMILES string of the molecule is CC1C[C@H](C)C[N+]1(C(=O)O)C(=O)OC(C)(C)C. The first-order chi connectivity index (χ1) is 7.59. The van der Waals surface area contributed by atoms with Crippen LogP contribution in [0.15, 0.2) is 0 Å². The van der Waals surface area contributed by atoms with Gasteiger partial charge in [0.1, 0.15) is 18.2 Å². The molecule has 0 aromatic carbocycles. The topological polar surface area (TPSA) is 63.6 Å². The molecule has 2 amide bonds. The highest BCUT2D eigenvalue weighted by molar-refractivity contribution is 5.76. The van der Waals surface area contributed by atoms with Crippen LogP contribution in [0.1, 0.15) is 41.0 Å². The van der Waals surface area contributed by atoms with Crippen molar-refractivity contribution in [1.29, 1.82) is 0 Å². The van der Waals surface area contributed by atoms with Gasteiger partial charge < -0.3 is 9.84 Å². The highest BCUT2D eigenvalue weighted by Gasteiger charge is 2.57. The molecule has 0 aromatic rings. The molecule has 1 heterocycles. The van der Waals surface area contributed by atoms with Gasteiger partial charge in [0, 0.05) is 12.3 Å². The van der Waals surface area contributed by atoms with Gasteiger partial charge in [0.2, 0.25) is 0 Å². The molecule has 1 aliphatic heterocycles. The maximum Gasteiger partial charge on any atom is 0.527 e. The molecular formula is C12H22NO4+. The molecule has 2 unspecified atom stereocenters. The number of ether oxygens (including phenoxy) is 1. The van der Waals surface area contributed by atoms with Gasteiger partial charge in [-0.25, -0.2) is 0 Å². The van der Waals surface area contributed by atoms with Crippen LogP contribution >= 0.6 is 0 Å². The van der Waals surface area contributed by atoms with Crippen LogP contribution in [-0.4, -0.2) is 40.0 Å². The van der Waals surface area contributed by atoms with Crippen LogP contribution in [0.2, 0.25) is 0 Å². The molecule has 1 rings (SSSR count). The number of carboxylic acid groups (broad SMARTS) is 1. The summed E-state index contributed by atoms with van der Waals surface area (Å²) < 4.78 is 4.66. The van der Waals surface area contributed by atoms with Crippen molar-refractivity contribution in [2.24, 2.45) is 5.92 Å². The van der Waals surface area contributed by atoms with Gasteiger partial charge in [-0.3, -0.25) is 0 Å². The Hall–Kier alpha value is -1.10. The summed E-state index contributed by atoms with van der Waals surface area (Å²) in [7, 11) is 0. The zero-order valence-corrected chi connectivity index (χ0v) is 11.2. The zero-order chi connectivity index (χ0) is 13.4. The van der Waals surface area contributed by atoms with E-state index in [0.29, 0.717) is 6.54 Å². The number of rotatable bonds is 0. The average molecular weight is 244 g/mol. The molecule has 3 atom stereocenters. The van der Waals surface area contributed by atoms with E-state index < -0.39 is 22.3 Å². The first-order valence-corrected chi connectivity index (χ1v) is 5.94. The summed E-state index contributed by atoms with van der Waals surface area (Å²) in [5, 5.41) is 9.39. The minimum absolute atomic E-state index is 0.216. The third-order valence-corrected chi connectivity index (χ3v) is 3.16. The van der Waals surface area contributed by atoms with E-state index in [9.17, 15) is 14.7 Å². The van der Waals surface area contributed by atoms with Crippen molar-refractivity contribution in [1.82, 2.24) is 0 Å². The van der Waals surface area contributed by atoms with Crippen LogP contribution in [0.3, 0.4) is 0 Å². The summed E-state index contributed by atoms with van der Waals surface area (Å²) in [6, 6.07) is -0.239. The van der Waals surface area contributed by atoms with Gasteiger partial charge in [-0.15, -0.1) is 4.48 Å². The minimum Gasteiger partial charge on any atom is -0.435 e. The van der Waals surface area contributed by atoms with Crippen LogP contribution in [0.5, 0.6) is 0 Å². The van der Waals surface area contributed by atoms with E-state index in [1.54, 1.807) is 27.7 Å². The Kier molecular flexibility index (Phi) is 3.52. The Morgan fingerprint density at radius 3 is 2.12 bits per heavy atom. The van der Waals surface area contributed by atoms with Gasteiger partial charge in [0.25, 0.3) is 0 Å². The summed E-state index contributed by atoms with van der Waals surface area (Å²) >= 11 is 0. The molecule has 17 heavy (non-hydrogen) atoms. The van der Waals surface area contributed by atoms with Crippen LogP contribution < -0.4 is 0 Å². The molecule has 0 radical (unpaired) electrons. The summed E-state index contributed by atoms with van der Waals surface area (Å²) in [4.78, 5) is 23.6. The Balaban J connectivity index is 3.02. The van der Waals surface area contributed by atoms with E-state index in [1.165, 1.54) is 0 Å². The number of carbonyl (C=O) groups is 2. The largest absolute Gasteiger partial charge is 0.527 e. The van der Waals surface area contributed by atoms with Crippen LogP contribution in [0.25, 0.3) is 0 Å². The van der Waals surface area contributed by atoms with E-state index in [-0.39, 0.29) is 12.0 Å². The van der Waals surface area contributed by atoms with Crippen LogP contribution in [0, 0.1) is 5.92 Å². The lowest BCUT2D eigenvalue weighted by molar-refractivity contribution is -0.797. The fourth-order valence-electron chi connectivity index (χ4n) is 2.45. The zero-order valence-electron chi connectivity index (χ0n) is 11.2. The monoisotopic (exact) mass is 244 g/mol. The second-order valence-corrected chi connectivity index (χ2v) is 6.00.